The number of halogens is 4. The molecule has 7 heteroatoms. The molecule has 0 bridgehead atoms. The third-order valence-electron chi connectivity index (χ3n) is 3.52. The number of hydrogen-bond donors (Lipinski definition) is 1. The molecule has 0 spiro atoms. The van der Waals surface area contributed by atoms with Crippen LogP contribution in [0.2, 0.25) is 0 Å². The lowest BCUT2D eigenvalue weighted by Crippen LogP contribution is -2.25. The van der Waals surface area contributed by atoms with E-state index in [1.807, 2.05) is 0 Å². The first-order chi connectivity index (χ1) is 9.84. The lowest BCUT2D eigenvalue weighted by atomic mass is 9.86. The molecule has 1 N–H and O–H groups in total. The van der Waals surface area contributed by atoms with Crippen LogP contribution < -0.4 is 5.32 Å². The fraction of sp³-hybridized carbons (Fsp3) is 0.500. The second-order valence-corrected chi connectivity index (χ2v) is 4.85. The number of nitrogens with one attached hydrogen (secondary N) is 1. The first-order valence-electron chi connectivity index (χ1n) is 6.58. The number of hydrogen-bond acceptors (Lipinski definition) is 3. The highest BCUT2D eigenvalue weighted by molar-refractivity contribution is 5.74. The molecule has 1 saturated heterocycles. The zero-order valence-corrected chi connectivity index (χ0v) is 11.3. The Balaban J connectivity index is 2.39. The molecule has 116 valence electrons. The molecule has 1 aliphatic heterocycles. The monoisotopic (exact) mass is 305 g/mol. The Bertz CT molecular complexity index is 530. The van der Waals surface area contributed by atoms with Crippen LogP contribution in [0.25, 0.3) is 0 Å². The van der Waals surface area contributed by atoms with Crippen molar-refractivity contribution in [2.45, 2.75) is 19.0 Å². The summed E-state index contributed by atoms with van der Waals surface area (Å²) in [6.07, 6.45) is -4.67. The van der Waals surface area contributed by atoms with Crippen molar-refractivity contribution in [1.29, 1.82) is 0 Å². The van der Waals surface area contributed by atoms with Crippen molar-refractivity contribution in [1.82, 2.24) is 5.32 Å². The number of carbonyl (C=O) groups excluding carboxylic acids is 1. The van der Waals surface area contributed by atoms with Crippen LogP contribution in [0.5, 0.6) is 0 Å². The maximum Gasteiger partial charge on any atom is 0.416 e. The van der Waals surface area contributed by atoms with Gasteiger partial charge in [0.2, 0.25) is 0 Å². The maximum absolute atomic E-state index is 13.1. The predicted octanol–water partition coefficient (Wildman–Crippen LogP) is 2.71. The molecule has 3 nitrogen and oxygen atoms in total. The van der Waals surface area contributed by atoms with Crippen molar-refractivity contribution in [2.24, 2.45) is 5.92 Å². The molecule has 1 aromatic carbocycles. The molecule has 2 rings (SSSR count). The number of esters is 1. The lowest BCUT2D eigenvalue weighted by Gasteiger charge is -2.21. The Morgan fingerprint density at radius 3 is 2.71 bits per heavy atom. The van der Waals surface area contributed by atoms with Crippen LogP contribution in [0, 0.1) is 11.7 Å². The summed E-state index contributed by atoms with van der Waals surface area (Å²) in [5, 5.41) is 2.89. The second kappa shape index (κ2) is 6.01. The molecule has 2 atom stereocenters. The smallest absolute Gasteiger partial charge is 0.416 e. The summed E-state index contributed by atoms with van der Waals surface area (Å²) in [4.78, 5) is 11.8. The third-order valence-corrected chi connectivity index (χ3v) is 3.52. The van der Waals surface area contributed by atoms with Gasteiger partial charge in [0.05, 0.1) is 18.1 Å². The normalized spacial score (nSPS) is 22.3. The minimum absolute atomic E-state index is 0.0769. The summed E-state index contributed by atoms with van der Waals surface area (Å²) in [7, 11) is 0. The quantitative estimate of drug-likeness (QED) is 0.689. The van der Waals surface area contributed by atoms with E-state index in [9.17, 15) is 22.4 Å². The lowest BCUT2D eigenvalue weighted by molar-refractivity contribution is -0.148. The first-order valence-corrected chi connectivity index (χ1v) is 6.58. The fourth-order valence-electron chi connectivity index (χ4n) is 2.60. The molecule has 0 aliphatic carbocycles. The van der Waals surface area contributed by atoms with E-state index < -0.39 is 35.4 Å². The van der Waals surface area contributed by atoms with Crippen molar-refractivity contribution in [3.8, 4) is 0 Å². The summed E-state index contributed by atoms with van der Waals surface area (Å²) in [6, 6.07) is 2.54. The average molecular weight is 305 g/mol. The van der Waals surface area contributed by atoms with E-state index in [1.165, 1.54) is 0 Å². The number of alkyl halides is 3. The standard InChI is InChI=1S/C14H15F4NO2/c1-2-21-13(20)11-7-19-6-10(11)9-4-3-8(15)5-12(9)14(16,17)18/h3-5,10-11,19H,2,6-7H2,1H3. The van der Waals surface area contributed by atoms with Crippen molar-refractivity contribution in [2.75, 3.05) is 19.7 Å². The maximum atomic E-state index is 13.1. The van der Waals surface area contributed by atoms with E-state index in [4.69, 9.17) is 4.74 Å². The van der Waals surface area contributed by atoms with Gasteiger partial charge in [-0.3, -0.25) is 4.79 Å². The molecule has 1 aromatic rings. The van der Waals surface area contributed by atoms with E-state index in [1.54, 1.807) is 6.92 Å². The molecule has 2 unspecified atom stereocenters. The van der Waals surface area contributed by atoms with E-state index in [0.29, 0.717) is 6.07 Å². The molecule has 0 amide bonds. The number of ether oxygens (including phenoxy) is 1. The molecule has 0 radical (unpaired) electrons. The molecule has 21 heavy (non-hydrogen) atoms. The van der Waals surface area contributed by atoms with Gasteiger partial charge in [0, 0.05) is 19.0 Å². The summed E-state index contributed by atoms with van der Waals surface area (Å²) in [5.41, 5.74) is -1.11. The summed E-state index contributed by atoms with van der Waals surface area (Å²) in [5.74, 6) is -2.87. The molecule has 0 aromatic heterocycles. The van der Waals surface area contributed by atoms with E-state index in [0.717, 1.165) is 12.1 Å². The highest BCUT2D eigenvalue weighted by Crippen LogP contribution is 2.39. The van der Waals surface area contributed by atoms with Gasteiger partial charge in [-0.2, -0.15) is 13.2 Å². The highest BCUT2D eigenvalue weighted by Gasteiger charge is 2.41. The van der Waals surface area contributed by atoms with Gasteiger partial charge < -0.3 is 10.1 Å². The first kappa shape index (κ1) is 15.8. The molecule has 0 saturated carbocycles. The number of carbonyl (C=O) groups is 1. The Morgan fingerprint density at radius 2 is 2.10 bits per heavy atom. The van der Waals surface area contributed by atoms with Gasteiger partial charge in [0.25, 0.3) is 0 Å². The number of benzene rings is 1. The topological polar surface area (TPSA) is 38.3 Å². The van der Waals surface area contributed by atoms with Crippen LogP contribution in [0.1, 0.15) is 24.0 Å². The van der Waals surface area contributed by atoms with Crippen LogP contribution in [-0.4, -0.2) is 25.7 Å². The van der Waals surface area contributed by atoms with Crippen LogP contribution in [-0.2, 0) is 15.7 Å². The zero-order chi connectivity index (χ0) is 15.6. The average Bonchev–Trinajstić information content (AvgIpc) is 2.87. The van der Waals surface area contributed by atoms with Gasteiger partial charge in [-0.05, 0) is 24.6 Å². The van der Waals surface area contributed by atoms with Crippen molar-refractivity contribution in [3.05, 3.63) is 35.1 Å². The zero-order valence-electron chi connectivity index (χ0n) is 11.3. The van der Waals surface area contributed by atoms with Gasteiger partial charge in [-0.25, -0.2) is 4.39 Å². The van der Waals surface area contributed by atoms with Crippen molar-refractivity contribution >= 4 is 5.97 Å². The Kier molecular flexibility index (Phi) is 4.51. The van der Waals surface area contributed by atoms with E-state index in [-0.39, 0.29) is 25.3 Å². The Hall–Kier alpha value is -1.63. The molecule has 1 heterocycles. The Morgan fingerprint density at radius 1 is 1.38 bits per heavy atom. The van der Waals surface area contributed by atoms with Gasteiger partial charge in [0.1, 0.15) is 5.82 Å². The summed E-state index contributed by atoms with van der Waals surface area (Å²) < 4.78 is 57.2. The SMILES string of the molecule is CCOC(=O)C1CNCC1c1ccc(F)cc1C(F)(F)F. The minimum atomic E-state index is -4.67. The van der Waals surface area contributed by atoms with Gasteiger partial charge in [-0.15, -0.1) is 0 Å². The van der Waals surface area contributed by atoms with Crippen LogP contribution >= 0.6 is 0 Å². The van der Waals surface area contributed by atoms with Gasteiger partial charge in [0.15, 0.2) is 0 Å². The fourth-order valence-corrected chi connectivity index (χ4v) is 2.60. The second-order valence-electron chi connectivity index (χ2n) is 4.85. The highest BCUT2D eigenvalue weighted by atomic mass is 19.4. The Labute approximate surface area is 119 Å². The largest absolute Gasteiger partial charge is 0.466 e. The third kappa shape index (κ3) is 3.34. The van der Waals surface area contributed by atoms with Crippen molar-refractivity contribution < 1.29 is 27.1 Å². The van der Waals surface area contributed by atoms with Crippen molar-refractivity contribution in [3.63, 3.8) is 0 Å². The molecular weight excluding hydrogens is 290 g/mol. The van der Waals surface area contributed by atoms with Crippen LogP contribution in [0.15, 0.2) is 18.2 Å². The predicted molar refractivity (Wildman–Crippen MR) is 67.1 cm³/mol. The number of rotatable bonds is 3. The molecular formula is C14H15F4NO2. The van der Waals surface area contributed by atoms with Crippen LogP contribution in [0.4, 0.5) is 17.6 Å². The van der Waals surface area contributed by atoms with Gasteiger partial charge >= 0.3 is 12.1 Å². The molecule has 1 fully saturated rings. The van der Waals surface area contributed by atoms with Gasteiger partial charge in [-0.1, -0.05) is 6.07 Å². The summed E-state index contributed by atoms with van der Waals surface area (Å²) in [6.45, 7) is 2.27. The summed E-state index contributed by atoms with van der Waals surface area (Å²) >= 11 is 0. The molecule has 1 aliphatic rings. The van der Waals surface area contributed by atoms with Crippen LogP contribution in [0.3, 0.4) is 0 Å². The van der Waals surface area contributed by atoms with E-state index >= 15 is 0 Å². The minimum Gasteiger partial charge on any atom is -0.466 e. The van der Waals surface area contributed by atoms with E-state index in [2.05, 4.69) is 5.32 Å².